The SMILES string of the molecule is CCCCCCCC(=O)[O-].F.O=C(O)C(F)(F)C(F)(F)C(F)(F)C(F)(F)C(F)(F)C(F)(F)C(F)(F)F.[NH4+]. The van der Waals surface area contributed by atoms with E-state index in [0.29, 0.717) is 0 Å². The van der Waals surface area contributed by atoms with E-state index in [-0.39, 0.29) is 17.3 Å². The smallest absolute Gasteiger partial charge is 0.460 e. The summed E-state index contributed by atoms with van der Waals surface area (Å²) in [5.41, 5.74) is 0. The molecule has 0 radical (unpaired) electrons. The molecule has 5 N–H and O–H groups in total. The number of carbonyl (C=O) groups excluding carboxylic acids is 1. The molecule has 5 nitrogen and oxygen atoms in total. The number of rotatable bonds is 12. The normalized spacial score (nSPS) is 13.5. The van der Waals surface area contributed by atoms with Crippen molar-refractivity contribution < 1.29 is 90.4 Å². The van der Waals surface area contributed by atoms with E-state index in [1.807, 2.05) is 0 Å². The Balaban J connectivity index is -0.000000385. The largest absolute Gasteiger partial charge is 0.550 e. The number of hydrogen-bond acceptors (Lipinski definition) is 3. The average Bonchev–Trinajstić information content (AvgIpc) is 2.66. The first-order chi connectivity index (χ1) is 15.2. The molecule has 0 saturated heterocycles. The van der Waals surface area contributed by atoms with Crippen molar-refractivity contribution >= 4 is 11.9 Å². The summed E-state index contributed by atoms with van der Waals surface area (Å²) in [5, 5.41) is 17.5. The Hall–Kier alpha value is -2.22. The lowest BCUT2D eigenvalue weighted by Gasteiger charge is -2.40. The number of halogens is 16. The van der Waals surface area contributed by atoms with Crippen LogP contribution in [0.5, 0.6) is 0 Å². The Kier molecular flexibility index (Phi) is 15.3. The standard InChI is InChI=1S/C8HF15O2.C8H16O2.FH.H3N/c9-2(10,1(24)25)3(11,12)4(13,14)5(15,16)6(17,18)7(19,20)8(21,22)23;1-2-3-4-5-6-7-8(9)10;;/h(H,24,25);2-7H2,1H3,(H,9,10);1H;1H3. The van der Waals surface area contributed by atoms with Crippen LogP contribution >= 0.6 is 0 Å². The lowest BCUT2D eigenvalue weighted by atomic mass is 9.91. The fraction of sp³-hybridized carbons (Fsp3) is 0.875. The lowest BCUT2D eigenvalue weighted by Crippen LogP contribution is -2.73. The summed E-state index contributed by atoms with van der Waals surface area (Å²) in [7, 11) is 0. The number of quaternary nitrogens is 1. The third-order valence-corrected chi connectivity index (χ3v) is 4.08. The van der Waals surface area contributed by atoms with Gasteiger partial charge in [-0.1, -0.05) is 32.6 Å². The highest BCUT2D eigenvalue weighted by Crippen LogP contribution is 2.62. The van der Waals surface area contributed by atoms with Crippen molar-refractivity contribution in [2.24, 2.45) is 0 Å². The van der Waals surface area contributed by atoms with Gasteiger partial charge in [-0.25, -0.2) is 4.79 Å². The van der Waals surface area contributed by atoms with Crippen LogP contribution in [0.3, 0.4) is 0 Å². The molecule has 0 atom stereocenters. The van der Waals surface area contributed by atoms with Crippen LogP contribution in [-0.4, -0.2) is 58.8 Å². The molecule has 226 valence electrons. The Morgan fingerprint density at radius 2 is 0.946 bits per heavy atom. The molecule has 0 heterocycles. The number of carboxylic acid groups (broad SMARTS) is 2. The van der Waals surface area contributed by atoms with E-state index in [1.165, 1.54) is 12.8 Å². The van der Waals surface area contributed by atoms with Crippen LogP contribution in [0.1, 0.15) is 45.4 Å². The van der Waals surface area contributed by atoms with Crippen molar-refractivity contribution in [2.45, 2.75) is 87.2 Å². The van der Waals surface area contributed by atoms with E-state index >= 15 is 0 Å². The average molecular weight is 595 g/mol. The van der Waals surface area contributed by atoms with Crippen LogP contribution in [0.4, 0.5) is 70.6 Å². The van der Waals surface area contributed by atoms with E-state index in [0.717, 1.165) is 19.3 Å². The molecule has 0 unspecified atom stereocenters. The Morgan fingerprint density at radius 1 is 0.622 bits per heavy atom. The van der Waals surface area contributed by atoms with Gasteiger partial charge in [0, 0.05) is 5.97 Å². The van der Waals surface area contributed by atoms with Crippen LogP contribution in [0.2, 0.25) is 0 Å². The zero-order chi connectivity index (χ0) is 28.9. The molecule has 21 heteroatoms. The predicted octanol–water partition coefficient (Wildman–Crippen LogP) is 6.07. The second kappa shape index (κ2) is 13.5. The summed E-state index contributed by atoms with van der Waals surface area (Å²) in [6, 6.07) is 0. The summed E-state index contributed by atoms with van der Waals surface area (Å²) in [6.45, 7) is 2.14. The van der Waals surface area contributed by atoms with Gasteiger partial charge < -0.3 is 21.2 Å². The van der Waals surface area contributed by atoms with Crippen molar-refractivity contribution in [3.8, 4) is 0 Å². The zero-order valence-corrected chi connectivity index (χ0v) is 18.5. The van der Waals surface area contributed by atoms with Gasteiger partial charge in [0.1, 0.15) is 0 Å². The van der Waals surface area contributed by atoms with Crippen LogP contribution in [-0.2, 0) is 9.59 Å². The van der Waals surface area contributed by atoms with Gasteiger partial charge in [0.25, 0.3) is 0 Å². The van der Waals surface area contributed by atoms with E-state index in [4.69, 9.17) is 5.11 Å². The summed E-state index contributed by atoms with van der Waals surface area (Å²) < 4.78 is 187. The molecule has 0 aromatic carbocycles. The Morgan fingerprint density at radius 3 is 1.24 bits per heavy atom. The molecular formula is C16H21F16NO4. The number of aliphatic carboxylic acids is 2. The van der Waals surface area contributed by atoms with Gasteiger partial charge in [-0.05, 0) is 12.8 Å². The first-order valence-corrected chi connectivity index (χ1v) is 8.98. The topological polar surface area (TPSA) is 114 Å². The third kappa shape index (κ3) is 8.13. The van der Waals surface area contributed by atoms with Crippen molar-refractivity contribution in [2.75, 3.05) is 0 Å². The molecule has 0 rings (SSSR count). The molecule has 0 fully saturated rings. The molecule has 37 heavy (non-hydrogen) atoms. The predicted molar refractivity (Wildman–Crippen MR) is 90.2 cm³/mol. The van der Waals surface area contributed by atoms with E-state index < -0.39 is 53.7 Å². The first-order valence-electron chi connectivity index (χ1n) is 8.98. The summed E-state index contributed by atoms with van der Waals surface area (Å²) >= 11 is 0. The molecule has 0 aromatic rings. The molecular weight excluding hydrogens is 574 g/mol. The van der Waals surface area contributed by atoms with Crippen LogP contribution in [0.25, 0.3) is 0 Å². The summed E-state index contributed by atoms with van der Waals surface area (Å²) in [4.78, 5) is 19.6. The molecule has 0 aliphatic rings. The number of alkyl halides is 15. The highest BCUT2D eigenvalue weighted by atomic mass is 19.4. The maximum Gasteiger partial charge on any atom is 0.460 e. The monoisotopic (exact) mass is 595 g/mol. The summed E-state index contributed by atoms with van der Waals surface area (Å²) in [6.07, 6.45) is -2.09. The molecule has 0 spiro atoms. The van der Waals surface area contributed by atoms with Gasteiger partial charge in [-0.2, -0.15) is 65.9 Å². The quantitative estimate of drug-likeness (QED) is 0.211. The van der Waals surface area contributed by atoms with Gasteiger partial charge in [-0.15, -0.1) is 0 Å². The molecule has 0 bridgehead atoms. The molecule has 0 aliphatic heterocycles. The van der Waals surface area contributed by atoms with Gasteiger partial charge in [0.15, 0.2) is 0 Å². The minimum atomic E-state index is -8.47. The van der Waals surface area contributed by atoms with Gasteiger partial charge in [-0.3, -0.25) is 4.70 Å². The van der Waals surface area contributed by atoms with Crippen LogP contribution < -0.4 is 11.3 Å². The maximum absolute atomic E-state index is 12.8. The van der Waals surface area contributed by atoms with Crippen molar-refractivity contribution in [1.29, 1.82) is 0 Å². The van der Waals surface area contributed by atoms with E-state index in [2.05, 4.69) is 6.92 Å². The summed E-state index contributed by atoms with van der Waals surface area (Å²) in [5.74, 6) is -53.7. The van der Waals surface area contributed by atoms with E-state index in [1.54, 1.807) is 0 Å². The second-order valence-corrected chi connectivity index (χ2v) is 6.79. The second-order valence-electron chi connectivity index (χ2n) is 6.79. The number of carboxylic acids is 2. The third-order valence-electron chi connectivity index (χ3n) is 4.08. The van der Waals surface area contributed by atoms with Gasteiger partial charge in [0.05, 0.1) is 0 Å². The fourth-order valence-corrected chi connectivity index (χ4v) is 1.97. The van der Waals surface area contributed by atoms with Crippen LogP contribution in [0.15, 0.2) is 0 Å². The number of hydrogen-bond donors (Lipinski definition) is 2. The number of unbranched alkanes of at least 4 members (excludes halogenated alkanes) is 4. The zero-order valence-electron chi connectivity index (χ0n) is 18.5. The van der Waals surface area contributed by atoms with Crippen molar-refractivity contribution in [3.63, 3.8) is 0 Å². The molecule has 0 aromatic heterocycles. The van der Waals surface area contributed by atoms with E-state index in [9.17, 15) is 80.6 Å². The highest BCUT2D eigenvalue weighted by molar-refractivity contribution is 5.77. The molecule has 0 saturated carbocycles. The molecule has 0 aliphatic carbocycles. The fourth-order valence-electron chi connectivity index (χ4n) is 1.97. The Bertz CT molecular complexity index is 724. The Labute approximate surface area is 196 Å². The van der Waals surface area contributed by atoms with Crippen molar-refractivity contribution in [3.05, 3.63) is 0 Å². The first kappa shape index (κ1) is 41.9. The van der Waals surface area contributed by atoms with Crippen molar-refractivity contribution in [1.82, 2.24) is 6.15 Å². The maximum atomic E-state index is 12.8. The van der Waals surface area contributed by atoms with Gasteiger partial charge in [0.2, 0.25) is 0 Å². The minimum Gasteiger partial charge on any atom is -0.550 e. The molecule has 0 amide bonds. The lowest BCUT2D eigenvalue weighted by molar-refractivity contribution is -0.450. The van der Waals surface area contributed by atoms with Crippen LogP contribution in [0, 0.1) is 0 Å². The minimum absolute atomic E-state index is 0. The highest BCUT2D eigenvalue weighted by Gasteiger charge is 2.94. The van der Waals surface area contributed by atoms with Gasteiger partial charge >= 0.3 is 47.7 Å². The number of carbonyl (C=O) groups is 2.